The van der Waals surface area contributed by atoms with Crippen LogP contribution in [0.5, 0.6) is 0 Å². The lowest BCUT2D eigenvalue weighted by Crippen LogP contribution is -2.29. The standard InChI is InChI=1S/C14H22N2O2/c1-11-14(12(2)18-16-11)7-5-8-15-10-13-6-3-4-9-17-13/h4,9,13,15H,3,5-8,10H2,1-2H3. The summed E-state index contributed by atoms with van der Waals surface area (Å²) in [5.41, 5.74) is 2.28. The van der Waals surface area contributed by atoms with Gasteiger partial charge in [-0.2, -0.15) is 0 Å². The maximum atomic E-state index is 5.50. The van der Waals surface area contributed by atoms with Crippen LogP contribution in [-0.4, -0.2) is 24.4 Å². The summed E-state index contributed by atoms with van der Waals surface area (Å²) in [6, 6.07) is 0. The molecule has 1 aromatic heterocycles. The van der Waals surface area contributed by atoms with E-state index in [-0.39, 0.29) is 0 Å². The zero-order valence-electron chi connectivity index (χ0n) is 11.2. The number of hydrogen-bond donors (Lipinski definition) is 1. The lowest BCUT2D eigenvalue weighted by Gasteiger charge is -2.19. The molecule has 18 heavy (non-hydrogen) atoms. The van der Waals surface area contributed by atoms with Crippen LogP contribution in [0.25, 0.3) is 0 Å². The molecule has 0 aliphatic carbocycles. The van der Waals surface area contributed by atoms with Crippen LogP contribution in [0.15, 0.2) is 16.9 Å². The number of rotatable bonds is 6. The van der Waals surface area contributed by atoms with Crippen molar-refractivity contribution in [3.05, 3.63) is 29.4 Å². The summed E-state index contributed by atoms with van der Waals surface area (Å²) in [6.45, 7) is 5.92. The Labute approximate surface area is 108 Å². The summed E-state index contributed by atoms with van der Waals surface area (Å²) in [4.78, 5) is 0. The van der Waals surface area contributed by atoms with E-state index < -0.39 is 0 Å². The van der Waals surface area contributed by atoms with E-state index in [9.17, 15) is 0 Å². The van der Waals surface area contributed by atoms with Crippen molar-refractivity contribution < 1.29 is 9.26 Å². The van der Waals surface area contributed by atoms with E-state index in [0.29, 0.717) is 6.10 Å². The third-order valence-electron chi connectivity index (χ3n) is 3.36. The fourth-order valence-electron chi connectivity index (χ4n) is 2.25. The van der Waals surface area contributed by atoms with E-state index in [1.807, 2.05) is 20.1 Å². The molecule has 0 amide bonds. The summed E-state index contributed by atoms with van der Waals surface area (Å²) in [5, 5.41) is 7.41. The van der Waals surface area contributed by atoms with Gasteiger partial charge in [0.25, 0.3) is 0 Å². The predicted molar refractivity (Wildman–Crippen MR) is 70.4 cm³/mol. The minimum Gasteiger partial charge on any atom is -0.497 e. The molecule has 2 heterocycles. The second-order valence-electron chi connectivity index (χ2n) is 4.82. The van der Waals surface area contributed by atoms with Crippen molar-refractivity contribution in [2.24, 2.45) is 0 Å². The fraction of sp³-hybridized carbons (Fsp3) is 0.643. The number of nitrogens with zero attached hydrogens (tertiary/aromatic N) is 1. The first-order valence-electron chi connectivity index (χ1n) is 6.70. The molecule has 2 rings (SSSR count). The van der Waals surface area contributed by atoms with Gasteiger partial charge in [-0.1, -0.05) is 5.16 Å². The molecule has 1 unspecified atom stereocenters. The van der Waals surface area contributed by atoms with Gasteiger partial charge in [0.1, 0.15) is 11.9 Å². The van der Waals surface area contributed by atoms with E-state index in [4.69, 9.17) is 9.26 Å². The van der Waals surface area contributed by atoms with Gasteiger partial charge in [-0.3, -0.25) is 0 Å². The predicted octanol–water partition coefficient (Wildman–Crippen LogP) is 2.51. The number of hydrogen-bond acceptors (Lipinski definition) is 4. The second-order valence-corrected chi connectivity index (χ2v) is 4.82. The van der Waals surface area contributed by atoms with Crippen LogP contribution in [0.4, 0.5) is 0 Å². The van der Waals surface area contributed by atoms with E-state index in [2.05, 4.69) is 16.5 Å². The Balaban J connectivity index is 1.60. The lowest BCUT2D eigenvalue weighted by atomic mass is 10.1. The average molecular weight is 250 g/mol. The largest absolute Gasteiger partial charge is 0.497 e. The Hall–Kier alpha value is -1.29. The smallest absolute Gasteiger partial charge is 0.137 e. The zero-order chi connectivity index (χ0) is 12.8. The molecule has 0 saturated carbocycles. The third-order valence-corrected chi connectivity index (χ3v) is 3.36. The second kappa shape index (κ2) is 6.59. The molecular formula is C14H22N2O2. The Bertz CT molecular complexity index is 379. The van der Waals surface area contributed by atoms with Gasteiger partial charge >= 0.3 is 0 Å². The first kappa shape index (κ1) is 13.1. The topological polar surface area (TPSA) is 47.3 Å². The molecule has 0 spiro atoms. The van der Waals surface area contributed by atoms with Gasteiger partial charge in [-0.15, -0.1) is 0 Å². The van der Waals surface area contributed by atoms with Crippen molar-refractivity contribution in [3.63, 3.8) is 0 Å². The summed E-state index contributed by atoms with van der Waals surface area (Å²) >= 11 is 0. The SMILES string of the molecule is Cc1noc(C)c1CCCNCC1CCC=CO1. The lowest BCUT2D eigenvalue weighted by molar-refractivity contribution is 0.122. The highest BCUT2D eigenvalue weighted by Crippen LogP contribution is 2.14. The minimum absolute atomic E-state index is 0.342. The van der Waals surface area contributed by atoms with Gasteiger partial charge in [-0.25, -0.2) is 0 Å². The third kappa shape index (κ3) is 3.60. The molecule has 0 aromatic carbocycles. The molecular weight excluding hydrogens is 228 g/mol. The van der Waals surface area contributed by atoms with Crippen molar-refractivity contribution in [2.45, 2.75) is 45.6 Å². The molecule has 4 nitrogen and oxygen atoms in total. The van der Waals surface area contributed by atoms with E-state index in [1.165, 1.54) is 5.56 Å². The summed E-state index contributed by atoms with van der Waals surface area (Å²) in [6.07, 6.45) is 8.62. The zero-order valence-corrected chi connectivity index (χ0v) is 11.2. The van der Waals surface area contributed by atoms with Gasteiger partial charge in [-0.05, 0) is 52.2 Å². The van der Waals surface area contributed by atoms with Crippen LogP contribution in [0.1, 0.15) is 36.3 Å². The molecule has 1 aliphatic heterocycles. The maximum absolute atomic E-state index is 5.50. The molecule has 0 saturated heterocycles. The molecule has 1 aromatic rings. The normalized spacial score (nSPS) is 18.9. The van der Waals surface area contributed by atoms with Crippen molar-refractivity contribution in [1.82, 2.24) is 10.5 Å². The quantitative estimate of drug-likeness (QED) is 0.788. The first-order chi connectivity index (χ1) is 8.77. The van der Waals surface area contributed by atoms with Crippen molar-refractivity contribution in [3.8, 4) is 0 Å². The Morgan fingerprint density at radius 2 is 2.33 bits per heavy atom. The van der Waals surface area contributed by atoms with Gasteiger partial charge in [0.15, 0.2) is 0 Å². The summed E-state index contributed by atoms with van der Waals surface area (Å²) in [5.74, 6) is 0.952. The van der Waals surface area contributed by atoms with Gasteiger partial charge < -0.3 is 14.6 Å². The van der Waals surface area contributed by atoms with Crippen molar-refractivity contribution in [2.75, 3.05) is 13.1 Å². The number of allylic oxidation sites excluding steroid dienone is 1. The van der Waals surface area contributed by atoms with Crippen LogP contribution in [0, 0.1) is 13.8 Å². The van der Waals surface area contributed by atoms with Crippen LogP contribution in [-0.2, 0) is 11.2 Å². The van der Waals surface area contributed by atoms with Crippen LogP contribution >= 0.6 is 0 Å². The van der Waals surface area contributed by atoms with Gasteiger partial charge in [0.05, 0.1) is 12.0 Å². The molecule has 0 bridgehead atoms. The van der Waals surface area contributed by atoms with E-state index in [0.717, 1.165) is 50.2 Å². The number of aromatic nitrogens is 1. The molecule has 4 heteroatoms. The highest BCUT2D eigenvalue weighted by Gasteiger charge is 2.10. The molecule has 100 valence electrons. The molecule has 0 radical (unpaired) electrons. The minimum atomic E-state index is 0.342. The van der Waals surface area contributed by atoms with Gasteiger partial charge in [0.2, 0.25) is 0 Å². The summed E-state index contributed by atoms with van der Waals surface area (Å²) < 4.78 is 10.7. The summed E-state index contributed by atoms with van der Waals surface area (Å²) in [7, 11) is 0. The molecule has 1 N–H and O–H groups in total. The van der Waals surface area contributed by atoms with Crippen LogP contribution in [0.3, 0.4) is 0 Å². The number of aryl methyl sites for hydroxylation is 2. The highest BCUT2D eigenvalue weighted by molar-refractivity contribution is 5.20. The highest BCUT2D eigenvalue weighted by atomic mass is 16.5. The average Bonchev–Trinajstić information content (AvgIpc) is 2.71. The Morgan fingerprint density at radius 3 is 3.00 bits per heavy atom. The van der Waals surface area contributed by atoms with E-state index >= 15 is 0 Å². The number of nitrogens with one attached hydrogen (secondary N) is 1. The maximum Gasteiger partial charge on any atom is 0.137 e. The molecule has 0 fully saturated rings. The molecule has 1 atom stereocenters. The number of ether oxygens (including phenoxy) is 1. The van der Waals surface area contributed by atoms with Crippen molar-refractivity contribution in [1.29, 1.82) is 0 Å². The van der Waals surface area contributed by atoms with Gasteiger partial charge in [0, 0.05) is 12.1 Å². The van der Waals surface area contributed by atoms with Crippen LogP contribution in [0.2, 0.25) is 0 Å². The Kier molecular flexibility index (Phi) is 4.81. The first-order valence-corrected chi connectivity index (χ1v) is 6.70. The Morgan fingerprint density at radius 1 is 1.44 bits per heavy atom. The van der Waals surface area contributed by atoms with Crippen molar-refractivity contribution >= 4 is 0 Å². The van der Waals surface area contributed by atoms with E-state index in [1.54, 1.807) is 0 Å². The van der Waals surface area contributed by atoms with Crippen LogP contribution < -0.4 is 5.32 Å². The fourth-order valence-corrected chi connectivity index (χ4v) is 2.25. The monoisotopic (exact) mass is 250 g/mol. The molecule has 1 aliphatic rings.